The molecule has 21 heavy (non-hydrogen) atoms. The van der Waals surface area contributed by atoms with Gasteiger partial charge in [-0.3, -0.25) is 0 Å². The lowest BCUT2D eigenvalue weighted by atomic mass is 10.1. The molecule has 0 fully saturated rings. The highest BCUT2D eigenvalue weighted by Crippen LogP contribution is 2.25. The van der Waals surface area contributed by atoms with Crippen LogP contribution in [0.5, 0.6) is 0 Å². The molecule has 1 aromatic carbocycles. The van der Waals surface area contributed by atoms with Gasteiger partial charge in [0.1, 0.15) is 11.4 Å². The molecule has 6 heteroatoms. The number of aryl methyl sites for hydroxylation is 2. The van der Waals surface area contributed by atoms with Gasteiger partial charge in [0.25, 0.3) is 0 Å². The molecule has 0 aliphatic heterocycles. The van der Waals surface area contributed by atoms with Crippen LogP contribution in [0.4, 0.5) is 0 Å². The van der Waals surface area contributed by atoms with Crippen molar-refractivity contribution in [3.05, 3.63) is 51.5 Å². The summed E-state index contributed by atoms with van der Waals surface area (Å²) in [6, 6.07) is 7.60. The van der Waals surface area contributed by atoms with Gasteiger partial charge in [0.2, 0.25) is 4.96 Å². The number of fused-ring (bicyclic) bond motifs is 2. The Morgan fingerprint density at radius 2 is 2.10 bits per heavy atom. The lowest BCUT2D eigenvalue weighted by Gasteiger charge is -2.02. The molecule has 3 aromatic heterocycles. The maximum Gasteiger partial charge on any atom is 0.345 e. The van der Waals surface area contributed by atoms with Crippen LogP contribution in [-0.4, -0.2) is 14.6 Å². The fraction of sp³-hybridized carbons (Fsp3) is 0.133. The molecule has 0 radical (unpaired) electrons. The minimum atomic E-state index is -0.362. The van der Waals surface area contributed by atoms with E-state index in [4.69, 9.17) is 4.42 Å². The van der Waals surface area contributed by atoms with E-state index in [1.165, 1.54) is 11.3 Å². The van der Waals surface area contributed by atoms with Crippen molar-refractivity contribution >= 4 is 27.3 Å². The van der Waals surface area contributed by atoms with E-state index in [0.717, 1.165) is 15.9 Å². The summed E-state index contributed by atoms with van der Waals surface area (Å²) in [6.07, 6.45) is 0. The normalized spacial score (nSPS) is 11.5. The molecule has 5 nitrogen and oxygen atoms in total. The van der Waals surface area contributed by atoms with Gasteiger partial charge in [-0.25, -0.2) is 14.3 Å². The number of aromatic nitrogens is 3. The molecule has 0 aliphatic carbocycles. The summed E-state index contributed by atoms with van der Waals surface area (Å²) in [4.78, 5) is 17.3. The first-order chi connectivity index (χ1) is 10.1. The van der Waals surface area contributed by atoms with Crippen molar-refractivity contribution in [2.75, 3.05) is 0 Å². The monoisotopic (exact) mass is 297 g/mol. The lowest BCUT2D eigenvalue weighted by molar-refractivity contribution is 0.563. The zero-order valence-electron chi connectivity index (χ0n) is 11.5. The Hall–Kier alpha value is -2.47. The molecule has 0 saturated carbocycles. The lowest BCUT2D eigenvalue weighted by Crippen LogP contribution is -2.04. The molecule has 0 amide bonds. The third kappa shape index (κ3) is 1.87. The van der Waals surface area contributed by atoms with Crippen LogP contribution in [0, 0.1) is 13.8 Å². The molecule has 0 unspecified atom stereocenters. The SMILES string of the molecule is Cc1ccc2oc(=O)c(-c3csc4nc(C)nn34)cc2c1. The van der Waals surface area contributed by atoms with Crippen LogP contribution in [0.2, 0.25) is 0 Å². The van der Waals surface area contributed by atoms with E-state index in [-0.39, 0.29) is 5.63 Å². The van der Waals surface area contributed by atoms with Crippen LogP contribution in [0.25, 0.3) is 27.2 Å². The van der Waals surface area contributed by atoms with E-state index in [9.17, 15) is 4.79 Å². The van der Waals surface area contributed by atoms with Gasteiger partial charge in [-0.1, -0.05) is 11.6 Å². The van der Waals surface area contributed by atoms with Gasteiger partial charge >= 0.3 is 5.63 Å². The summed E-state index contributed by atoms with van der Waals surface area (Å²) in [5.41, 5.74) is 2.57. The first-order valence-electron chi connectivity index (χ1n) is 6.47. The fourth-order valence-electron chi connectivity index (χ4n) is 2.39. The molecule has 4 rings (SSSR count). The largest absolute Gasteiger partial charge is 0.422 e. The van der Waals surface area contributed by atoms with E-state index in [2.05, 4.69) is 10.1 Å². The summed E-state index contributed by atoms with van der Waals surface area (Å²) < 4.78 is 7.10. The number of benzene rings is 1. The van der Waals surface area contributed by atoms with Crippen LogP contribution < -0.4 is 5.63 Å². The van der Waals surface area contributed by atoms with Gasteiger partial charge < -0.3 is 4.42 Å². The Balaban J connectivity index is 2.05. The summed E-state index contributed by atoms with van der Waals surface area (Å²) in [5.74, 6) is 0.684. The Kier molecular flexibility index (Phi) is 2.49. The molecular formula is C15H11N3O2S. The highest BCUT2D eigenvalue weighted by molar-refractivity contribution is 7.15. The second-order valence-electron chi connectivity index (χ2n) is 4.96. The first-order valence-corrected chi connectivity index (χ1v) is 7.35. The molecule has 0 N–H and O–H groups in total. The van der Waals surface area contributed by atoms with E-state index in [1.807, 2.05) is 43.5 Å². The van der Waals surface area contributed by atoms with Crippen LogP contribution in [-0.2, 0) is 0 Å². The van der Waals surface area contributed by atoms with Gasteiger partial charge in [0.15, 0.2) is 0 Å². The van der Waals surface area contributed by atoms with Crippen LogP contribution in [0.3, 0.4) is 0 Å². The molecule has 0 spiro atoms. The standard InChI is InChI=1S/C15H11N3O2S/c1-8-3-4-13-10(5-8)6-11(14(19)20-13)12-7-21-15-16-9(2)17-18(12)15/h3-7H,1-2H3. The van der Waals surface area contributed by atoms with Gasteiger partial charge in [-0.05, 0) is 32.0 Å². The van der Waals surface area contributed by atoms with E-state index in [0.29, 0.717) is 22.7 Å². The number of hydrogen-bond acceptors (Lipinski definition) is 5. The molecule has 0 bridgehead atoms. The van der Waals surface area contributed by atoms with Crippen molar-refractivity contribution in [2.45, 2.75) is 13.8 Å². The number of thiazole rings is 1. The second kappa shape index (κ2) is 4.26. The minimum absolute atomic E-state index is 0.362. The minimum Gasteiger partial charge on any atom is -0.422 e. The third-order valence-corrected chi connectivity index (χ3v) is 4.17. The van der Waals surface area contributed by atoms with Crippen molar-refractivity contribution in [1.82, 2.24) is 14.6 Å². The van der Waals surface area contributed by atoms with Crippen molar-refractivity contribution < 1.29 is 4.42 Å². The van der Waals surface area contributed by atoms with Crippen LogP contribution in [0.1, 0.15) is 11.4 Å². The highest BCUT2D eigenvalue weighted by Gasteiger charge is 2.14. The zero-order chi connectivity index (χ0) is 14.6. The second-order valence-corrected chi connectivity index (χ2v) is 5.80. The summed E-state index contributed by atoms with van der Waals surface area (Å²) in [7, 11) is 0. The predicted molar refractivity (Wildman–Crippen MR) is 81.8 cm³/mol. The Morgan fingerprint density at radius 1 is 1.24 bits per heavy atom. The molecular weight excluding hydrogens is 286 g/mol. The molecule has 104 valence electrons. The molecule has 3 heterocycles. The molecule has 0 atom stereocenters. The van der Waals surface area contributed by atoms with E-state index < -0.39 is 0 Å². The topological polar surface area (TPSA) is 60.4 Å². The van der Waals surface area contributed by atoms with Gasteiger partial charge in [0, 0.05) is 10.8 Å². The first kappa shape index (κ1) is 12.3. The number of rotatable bonds is 1. The maximum atomic E-state index is 12.2. The maximum absolute atomic E-state index is 12.2. The number of nitrogens with zero attached hydrogens (tertiary/aromatic N) is 3. The zero-order valence-corrected chi connectivity index (χ0v) is 12.3. The highest BCUT2D eigenvalue weighted by atomic mass is 32.1. The fourth-order valence-corrected chi connectivity index (χ4v) is 3.25. The van der Waals surface area contributed by atoms with Gasteiger partial charge in [-0.2, -0.15) is 5.10 Å². The third-order valence-electron chi connectivity index (χ3n) is 3.35. The Morgan fingerprint density at radius 3 is 2.95 bits per heavy atom. The van der Waals surface area contributed by atoms with Crippen LogP contribution >= 0.6 is 11.3 Å². The Labute approximate surface area is 123 Å². The van der Waals surface area contributed by atoms with Crippen molar-refractivity contribution in [3.8, 4) is 11.3 Å². The number of hydrogen-bond donors (Lipinski definition) is 0. The molecule has 0 aliphatic rings. The summed E-state index contributed by atoms with van der Waals surface area (Å²) >= 11 is 1.46. The summed E-state index contributed by atoms with van der Waals surface area (Å²) in [5, 5.41) is 7.10. The van der Waals surface area contributed by atoms with E-state index in [1.54, 1.807) is 4.52 Å². The van der Waals surface area contributed by atoms with E-state index >= 15 is 0 Å². The smallest absolute Gasteiger partial charge is 0.345 e. The molecule has 0 saturated heterocycles. The van der Waals surface area contributed by atoms with Crippen molar-refractivity contribution in [1.29, 1.82) is 0 Å². The average Bonchev–Trinajstić information content (AvgIpc) is 2.97. The van der Waals surface area contributed by atoms with Crippen molar-refractivity contribution in [2.24, 2.45) is 0 Å². The van der Waals surface area contributed by atoms with Crippen LogP contribution in [0.15, 0.2) is 38.9 Å². The summed E-state index contributed by atoms with van der Waals surface area (Å²) in [6.45, 7) is 3.84. The van der Waals surface area contributed by atoms with Gasteiger partial charge in [0.05, 0.1) is 11.3 Å². The molecule has 4 aromatic rings. The average molecular weight is 297 g/mol. The Bertz CT molecular complexity index is 1040. The predicted octanol–water partition coefficient (Wildman–Crippen LogP) is 3.18. The quantitative estimate of drug-likeness (QED) is 0.506. The van der Waals surface area contributed by atoms with Gasteiger partial charge in [-0.15, -0.1) is 11.3 Å². The van der Waals surface area contributed by atoms with Crippen molar-refractivity contribution in [3.63, 3.8) is 0 Å².